The first-order chi connectivity index (χ1) is 10.4. The van der Waals surface area contributed by atoms with Crippen molar-refractivity contribution >= 4 is 17.3 Å². The van der Waals surface area contributed by atoms with E-state index in [0.717, 1.165) is 16.8 Å². The largest absolute Gasteiger partial charge is 0.481 e. The van der Waals surface area contributed by atoms with Crippen molar-refractivity contribution in [2.45, 2.75) is 33.8 Å². The van der Waals surface area contributed by atoms with E-state index >= 15 is 0 Å². The average molecular weight is 298 g/mol. The number of benzene rings is 2. The summed E-state index contributed by atoms with van der Waals surface area (Å²) in [4.78, 5) is 12.2. The zero-order valence-electron chi connectivity index (χ0n) is 13.4. The van der Waals surface area contributed by atoms with Gasteiger partial charge in [-0.05, 0) is 74.7 Å². The number of carbonyl (C=O) groups is 1. The minimum Gasteiger partial charge on any atom is -0.481 e. The molecule has 4 heteroatoms. The van der Waals surface area contributed by atoms with Crippen molar-refractivity contribution in [2.75, 3.05) is 11.1 Å². The third kappa shape index (κ3) is 3.79. The second-order valence-electron chi connectivity index (χ2n) is 5.57. The summed E-state index contributed by atoms with van der Waals surface area (Å²) in [5.41, 5.74) is 10.4. The number of nitrogens with two attached hydrogens (primary N) is 1. The highest BCUT2D eigenvalue weighted by Crippen LogP contribution is 2.20. The Balaban J connectivity index is 2.04. The number of aryl methyl sites for hydroxylation is 3. The molecule has 0 aliphatic heterocycles. The van der Waals surface area contributed by atoms with Gasteiger partial charge >= 0.3 is 0 Å². The zero-order chi connectivity index (χ0) is 16.3. The normalized spacial score (nSPS) is 11.8. The summed E-state index contributed by atoms with van der Waals surface area (Å²) in [5.74, 6) is 0.505. The van der Waals surface area contributed by atoms with Crippen molar-refractivity contribution in [1.82, 2.24) is 0 Å². The average Bonchev–Trinajstić information content (AvgIpc) is 2.45. The molecule has 0 heterocycles. The quantitative estimate of drug-likeness (QED) is 0.848. The first kappa shape index (κ1) is 15.9. The molecule has 0 bridgehead atoms. The molecule has 3 N–H and O–H groups in total. The maximum atomic E-state index is 12.2. The lowest BCUT2D eigenvalue weighted by Gasteiger charge is -2.16. The van der Waals surface area contributed by atoms with Gasteiger partial charge in [-0.3, -0.25) is 4.79 Å². The highest BCUT2D eigenvalue weighted by molar-refractivity contribution is 5.95. The Bertz CT molecular complexity index is 695. The standard InChI is InChI=1S/C18H22N2O2/c1-11-5-7-16(10-12(11)2)22-14(4)18(21)20-17-8-6-15(19)9-13(17)3/h5-10,14H,19H2,1-4H3,(H,20,21). The lowest BCUT2D eigenvalue weighted by molar-refractivity contribution is -0.122. The lowest BCUT2D eigenvalue weighted by atomic mass is 10.1. The summed E-state index contributed by atoms with van der Waals surface area (Å²) in [6.07, 6.45) is -0.584. The summed E-state index contributed by atoms with van der Waals surface area (Å²) in [6, 6.07) is 11.2. The smallest absolute Gasteiger partial charge is 0.265 e. The van der Waals surface area contributed by atoms with Gasteiger partial charge in [-0.15, -0.1) is 0 Å². The third-order valence-electron chi connectivity index (χ3n) is 3.67. The maximum absolute atomic E-state index is 12.2. The van der Waals surface area contributed by atoms with Crippen LogP contribution in [0, 0.1) is 20.8 Å². The summed E-state index contributed by atoms with van der Waals surface area (Å²) in [5, 5.41) is 2.86. The predicted octanol–water partition coefficient (Wildman–Crippen LogP) is 3.60. The highest BCUT2D eigenvalue weighted by atomic mass is 16.5. The van der Waals surface area contributed by atoms with Gasteiger partial charge in [0.25, 0.3) is 5.91 Å². The molecule has 2 rings (SSSR count). The van der Waals surface area contributed by atoms with E-state index in [1.54, 1.807) is 19.1 Å². The van der Waals surface area contributed by atoms with E-state index in [1.807, 2.05) is 45.0 Å². The molecule has 0 fully saturated rings. The molecule has 2 aromatic carbocycles. The molecule has 1 amide bonds. The first-order valence-corrected chi connectivity index (χ1v) is 7.27. The number of amides is 1. The monoisotopic (exact) mass is 298 g/mol. The van der Waals surface area contributed by atoms with Gasteiger partial charge in [-0.2, -0.15) is 0 Å². The minimum absolute atomic E-state index is 0.189. The number of ether oxygens (including phenoxy) is 1. The van der Waals surface area contributed by atoms with Crippen molar-refractivity contribution in [3.05, 3.63) is 53.1 Å². The highest BCUT2D eigenvalue weighted by Gasteiger charge is 2.16. The summed E-state index contributed by atoms with van der Waals surface area (Å²) in [7, 11) is 0. The molecule has 0 aliphatic rings. The van der Waals surface area contributed by atoms with Crippen molar-refractivity contribution in [3.8, 4) is 5.75 Å². The molecule has 0 spiro atoms. The van der Waals surface area contributed by atoms with Crippen LogP contribution in [0.4, 0.5) is 11.4 Å². The fourth-order valence-electron chi connectivity index (χ4n) is 2.11. The molecule has 116 valence electrons. The molecule has 2 aromatic rings. The Morgan fingerprint density at radius 1 is 1.05 bits per heavy atom. The molecule has 0 saturated carbocycles. The molecular weight excluding hydrogens is 276 g/mol. The van der Waals surface area contributed by atoms with Crippen LogP contribution in [0.2, 0.25) is 0 Å². The van der Waals surface area contributed by atoms with Crippen LogP contribution in [0.15, 0.2) is 36.4 Å². The third-order valence-corrected chi connectivity index (χ3v) is 3.67. The second kappa shape index (κ2) is 6.52. The number of hydrogen-bond acceptors (Lipinski definition) is 3. The van der Waals surface area contributed by atoms with Gasteiger partial charge in [0, 0.05) is 11.4 Å². The Hall–Kier alpha value is -2.49. The fourth-order valence-corrected chi connectivity index (χ4v) is 2.11. The van der Waals surface area contributed by atoms with Crippen molar-refractivity contribution in [2.24, 2.45) is 0 Å². The molecule has 1 unspecified atom stereocenters. The van der Waals surface area contributed by atoms with E-state index in [4.69, 9.17) is 10.5 Å². The van der Waals surface area contributed by atoms with Crippen LogP contribution in [-0.2, 0) is 4.79 Å². The summed E-state index contributed by atoms with van der Waals surface area (Å²) < 4.78 is 5.71. The van der Waals surface area contributed by atoms with Crippen LogP contribution in [0.5, 0.6) is 5.75 Å². The number of nitrogens with one attached hydrogen (secondary N) is 1. The minimum atomic E-state index is -0.584. The van der Waals surface area contributed by atoms with E-state index < -0.39 is 6.10 Å². The SMILES string of the molecule is Cc1ccc(OC(C)C(=O)Nc2ccc(N)cc2C)cc1C. The van der Waals surface area contributed by atoms with Crippen LogP contribution in [0.1, 0.15) is 23.6 Å². The van der Waals surface area contributed by atoms with E-state index in [9.17, 15) is 4.79 Å². The fraction of sp³-hybridized carbons (Fsp3) is 0.278. The summed E-state index contributed by atoms with van der Waals surface area (Å²) >= 11 is 0. The molecule has 0 radical (unpaired) electrons. The van der Waals surface area contributed by atoms with Gasteiger partial charge in [0.1, 0.15) is 5.75 Å². The molecule has 0 aliphatic carbocycles. The second-order valence-corrected chi connectivity index (χ2v) is 5.57. The number of hydrogen-bond donors (Lipinski definition) is 2. The van der Waals surface area contributed by atoms with Gasteiger partial charge in [-0.1, -0.05) is 6.07 Å². The van der Waals surface area contributed by atoms with Crippen LogP contribution in [0.25, 0.3) is 0 Å². The molecule has 1 atom stereocenters. The first-order valence-electron chi connectivity index (χ1n) is 7.27. The van der Waals surface area contributed by atoms with Crippen molar-refractivity contribution in [3.63, 3.8) is 0 Å². The molecule has 22 heavy (non-hydrogen) atoms. The van der Waals surface area contributed by atoms with E-state index in [0.29, 0.717) is 11.4 Å². The Kier molecular flexibility index (Phi) is 4.71. The summed E-state index contributed by atoms with van der Waals surface area (Å²) in [6.45, 7) is 7.70. The van der Waals surface area contributed by atoms with Gasteiger partial charge in [-0.25, -0.2) is 0 Å². The van der Waals surface area contributed by atoms with Gasteiger partial charge < -0.3 is 15.8 Å². The molecule has 4 nitrogen and oxygen atoms in total. The molecule has 0 aromatic heterocycles. The zero-order valence-corrected chi connectivity index (χ0v) is 13.4. The molecule has 0 saturated heterocycles. The Labute approximate surface area is 131 Å². The maximum Gasteiger partial charge on any atom is 0.265 e. The number of nitrogen functional groups attached to an aromatic ring is 1. The Morgan fingerprint density at radius 3 is 2.41 bits per heavy atom. The van der Waals surface area contributed by atoms with E-state index in [-0.39, 0.29) is 5.91 Å². The predicted molar refractivity (Wildman–Crippen MR) is 90.2 cm³/mol. The topological polar surface area (TPSA) is 64.3 Å². The lowest BCUT2D eigenvalue weighted by Crippen LogP contribution is -2.30. The van der Waals surface area contributed by atoms with Gasteiger partial charge in [0.05, 0.1) is 0 Å². The van der Waals surface area contributed by atoms with Crippen molar-refractivity contribution in [1.29, 1.82) is 0 Å². The van der Waals surface area contributed by atoms with Gasteiger partial charge in [0.2, 0.25) is 0 Å². The number of carbonyl (C=O) groups excluding carboxylic acids is 1. The van der Waals surface area contributed by atoms with E-state index in [2.05, 4.69) is 5.32 Å². The molecular formula is C18H22N2O2. The number of rotatable bonds is 4. The Morgan fingerprint density at radius 2 is 1.77 bits per heavy atom. The van der Waals surface area contributed by atoms with Crippen molar-refractivity contribution < 1.29 is 9.53 Å². The van der Waals surface area contributed by atoms with Crippen LogP contribution >= 0.6 is 0 Å². The number of anilines is 2. The van der Waals surface area contributed by atoms with Gasteiger partial charge in [0.15, 0.2) is 6.10 Å². The van der Waals surface area contributed by atoms with Crippen LogP contribution < -0.4 is 15.8 Å². The van der Waals surface area contributed by atoms with Crippen LogP contribution in [0.3, 0.4) is 0 Å². The van der Waals surface area contributed by atoms with E-state index in [1.165, 1.54) is 5.56 Å². The van der Waals surface area contributed by atoms with Crippen LogP contribution in [-0.4, -0.2) is 12.0 Å².